The maximum Gasteiger partial charge on any atom is 0.00750 e. The van der Waals surface area contributed by atoms with Gasteiger partial charge < -0.3 is 0 Å². The van der Waals surface area contributed by atoms with Gasteiger partial charge in [-0.1, -0.05) is 6.07 Å². The van der Waals surface area contributed by atoms with Crippen molar-refractivity contribution in [3.63, 3.8) is 0 Å². The van der Waals surface area contributed by atoms with Gasteiger partial charge in [0, 0.05) is 11.2 Å². The molecule has 1 radical (unpaired) electrons. The van der Waals surface area contributed by atoms with Crippen molar-refractivity contribution in [3.05, 3.63) is 35.6 Å². The maximum atomic E-state index is 3.74. The molecule has 1 aromatic rings. The molecule has 0 saturated heterocycles. The molecule has 0 aliphatic carbocycles. The predicted molar refractivity (Wildman–Crippen MR) is 47.1 cm³/mol. The third kappa shape index (κ3) is 1.54. The maximum absolute atomic E-state index is 3.74. The molecule has 1 heteroatoms. The number of benzene rings is 1. The van der Waals surface area contributed by atoms with E-state index in [1.165, 1.54) is 16.0 Å². The number of hydrogen-bond acceptors (Lipinski definition) is 1. The molecule has 1 aromatic carbocycles. The molecule has 0 aliphatic rings. The van der Waals surface area contributed by atoms with E-state index in [0.29, 0.717) is 0 Å². The summed E-state index contributed by atoms with van der Waals surface area (Å²) in [6, 6.07) is 6.38. The van der Waals surface area contributed by atoms with E-state index in [4.69, 9.17) is 0 Å². The normalized spacial score (nSPS) is 9.90. The van der Waals surface area contributed by atoms with Gasteiger partial charge in [0.2, 0.25) is 0 Å². The highest BCUT2D eigenvalue weighted by Gasteiger charge is 1.92. The fourth-order valence-corrected chi connectivity index (χ4v) is 1.23. The van der Waals surface area contributed by atoms with Crippen molar-refractivity contribution in [1.82, 2.24) is 0 Å². The van der Waals surface area contributed by atoms with E-state index in [1.807, 2.05) is 0 Å². The summed E-state index contributed by atoms with van der Waals surface area (Å²) in [5.74, 6) is 0. The third-order valence-corrected chi connectivity index (χ3v) is 2.23. The Kier molecular flexibility index (Phi) is 2.39. The van der Waals surface area contributed by atoms with E-state index >= 15 is 0 Å². The fraction of sp³-hybridized carbons (Fsp3) is 0.222. The van der Waals surface area contributed by atoms with Gasteiger partial charge >= 0.3 is 0 Å². The Hall–Kier alpha value is -0.430. The van der Waals surface area contributed by atoms with Crippen LogP contribution in [-0.4, -0.2) is 0 Å². The summed E-state index contributed by atoms with van der Waals surface area (Å²) in [5, 5.41) is 0. The summed E-state index contributed by atoms with van der Waals surface area (Å²) >= 11 is 1.54. The second kappa shape index (κ2) is 3.11. The van der Waals surface area contributed by atoms with Crippen molar-refractivity contribution in [2.24, 2.45) is 0 Å². The van der Waals surface area contributed by atoms with Crippen molar-refractivity contribution in [2.45, 2.75) is 18.7 Å². The molecule has 0 aromatic heterocycles. The average molecular weight is 151 g/mol. The van der Waals surface area contributed by atoms with Crippen LogP contribution in [0.4, 0.5) is 0 Å². The second-order valence-electron chi connectivity index (χ2n) is 2.39. The zero-order valence-electron chi connectivity index (χ0n) is 6.35. The average Bonchev–Trinajstić information content (AvgIpc) is 1.95. The van der Waals surface area contributed by atoms with Crippen LogP contribution in [0.5, 0.6) is 0 Å². The molecule has 0 spiro atoms. The van der Waals surface area contributed by atoms with Gasteiger partial charge in [-0.15, -0.1) is 11.8 Å². The number of rotatable bonds is 1. The highest BCUT2D eigenvalue weighted by Crippen LogP contribution is 2.18. The zero-order chi connectivity index (χ0) is 7.56. The third-order valence-electron chi connectivity index (χ3n) is 1.65. The minimum atomic E-state index is 1.24. The van der Waals surface area contributed by atoms with Crippen LogP contribution < -0.4 is 0 Å². The molecule has 0 fully saturated rings. The van der Waals surface area contributed by atoms with Crippen molar-refractivity contribution >= 4 is 11.8 Å². The fourth-order valence-electron chi connectivity index (χ4n) is 0.804. The summed E-state index contributed by atoms with van der Waals surface area (Å²) in [6.07, 6.45) is 3.74. The van der Waals surface area contributed by atoms with Gasteiger partial charge in [0.1, 0.15) is 0 Å². The summed E-state index contributed by atoms with van der Waals surface area (Å²) < 4.78 is 0. The second-order valence-corrected chi connectivity index (χ2v) is 3.15. The first kappa shape index (κ1) is 7.67. The molecule has 10 heavy (non-hydrogen) atoms. The SMILES string of the molecule is [CH2]Sc1ccc(C)c(C)c1. The Morgan fingerprint density at radius 1 is 1.20 bits per heavy atom. The van der Waals surface area contributed by atoms with Crippen LogP contribution in [0.3, 0.4) is 0 Å². The van der Waals surface area contributed by atoms with Crippen molar-refractivity contribution in [3.8, 4) is 0 Å². The first-order chi connectivity index (χ1) is 4.74. The molecule has 0 N–H and O–H groups in total. The van der Waals surface area contributed by atoms with Gasteiger partial charge in [-0.2, -0.15) is 0 Å². The Morgan fingerprint density at radius 2 is 1.90 bits per heavy atom. The van der Waals surface area contributed by atoms with Crippen LogP contribution in [0.2, 0.25) is 0 Å². The molecule has 0 atom stereocenters. The van der Waals surface area contributed by atoms with E-state index in [9.17, 15) is 0 Å². The molecule has 0 unspecified atom stereocenters. The van der Waals surface area contributed by atoms with E-state index in [1.54, 1.807) is 11.8 Å². The van der Waals surface area contributed by atoms with Gasteiger partial charge in [0.25, 0.3) is 0 Å². The minimum Gasteiger partial charge on any atom is -0.125 e. The van der Waals surface area contributed by atoms with E-state index in [-0.39, 0.29) is 0 Å². The summed E-state index contributed by atoms with van der Waals surface area (Å²) in [6.45, 7) is 4.24. The van der Waals surface area contributed by atoms with Crippen molar-refractivity contribution < 1.29 is 0 Å². The topological polar surface area (TPSA) is 0 Å². The van der Waals surface area contributed by atoms with Gasteiger partial charge in [-0.25, -0.2) is 0 Å². The van der Waals surface area contributed by atoms with Crippen molar-refractivity contribution in [2.75, 3.05) is 0 Å². The molecular formula is C9H11S. The van der Waals surface area contributed by atoms with E-state index in [2.05, 4.69) is 38.3 Å². The van der Waals surface area contributed by atoms with Gasteiger partial charge in [-0.3, -0.25) is 0 Å². The van der Waals surface area contributed by atoms with Crippen LogP contribution in [0.15, 0.2) is 23.1 Å². The van der Waals surface area contributed by atoms with Crippen LogP contribution >= 0.6 is 11.8 Å². The summed E-state index contributed by atoms with van der Waals surface area (Å²) in [5.41, 5.74) is 2.69. The lowest BCUT2D eigenvalue weighted by atomic mass is 10.1. The molecule has 0 bridgehead atoms. The van der Waals surface area contributed by atoms with Crippen LogP contribution in [0, 0.1) is 20.1 Å². The van der Waals surface area contributed by atoms with Crippen molar-refractivity contribution in [1.29, 1.82) is 0 Å². The zero-order valence-corrected chi connectivity index (χ0v) is 7.16. The minimum absolute atomic E-state index is 1.24. The van der Waals surface area contributed by atoms with Crippen LogP contribution in [0.1, 0.15) is 11.1 Å². The van der Waals surface area contributed by atoms with Crippen LogP contribution in [0.25, 0.3) is 0 Å². The Balaban J connectivity index is 3.04. The standard InChI is InChI=1S/C9H11S/c1-7-4-5-9(10-3)6-8(7)2/h4-6H,3H2,1-2H3. The smallest absolute Gasteiger partial charge is 0.00750 e. The molecule has 0 heterocycles. The highest BCUT2D eigenvalue weighted by atomic mass is 32.2. The van der Waals surface area contributed by atoms with E-state index in [0.717, 1.165) is 0 Å². The quantitative estimate of drug-likeness (QED) is 0.555. The molecule has 0 aliphatic heterocycles. The number of thioether (sulfide) groups is 1. The van der Waals surface area contributed by atoms with Gasteiger partial charge in [0.05, 0.1) is 0 Å². The van der Waals surface area contributed by atoms with Crippen LogP contribution in [-0.2, 0) is 0 Å². The first-order valence-electron chi connectivity index (χ1n) is 3.23. The number of aryl methyl sites for hydroxylation is 2. The summed E-state index contributed by atoms with van der Waals surface area (Å²) in [4.78, 5) is 1.24. The monoisotopic (exact) mass is 151 g/mol. The molecule has 1 rings (SSSR count). The molecular weight excluding hydrogens is 140 g/mol. The molecule has 0 saturated carbocycles. The number of hydrogen-bond donors (Lipinski definition) is 0. The van der Waals surface area contributed by atoms with E-state index < -0.39 is 0 Å². The first-order valence-corrected chi connectivity index (χ1v) is 4.22. The van der Waals surface area contributed by atoms with Gasteiger partial charge in [0.15, 0.2) is 0 Å². The van der Waals surface area contributed by atoms with Gasteiger partial charge in [-0.05, 0) is 37.1 Å². The molecule has 0 amide bonds. The Bertz CT molecular complexity index is 228. The largest absolute Gasteiger partial charge is 0.125 e. The lowest BCUT2D eigenvalue weighted by Crippen LogP contribution is -1.79. The lowest BCUT2D eigenvalue weighted by Gasteiger charge is -2.00. The Labute approximate surface area is 66.6 Å². The Morgan fingerprint density at radius 3 is 2.40 bits per heavy atom. The summed E-state index contributed by atoms with van der Waals surface area (Å²) in [7, 11) is 0. The molecule has 53 valence electrons. The predicted octanol–water partition coefficient (Wildman–Crippen LogP) is 3.19. The highest BCUT2D eigenvalue weighted by molar-refractivity contribution is 8.00. The molecule has 0 nitrogen and oxygen atoms in total. The lowest BCUT2D eigenvalue weighted by molar-refractivity contribution is 1.28.